The molecule has 0 spiro atoms. The Morgan fingerprint density at radius 1 is 1.13 bits per heavy atom. The fraction of sp³-hybridized carbons (Fsp3) is 0.571. The maximum absolute atomic E-state index is 2.39. The third kappa shape index (κ3) is 2.34. The quantitative estimate of drug-likeness (QED) is 0.624. The normalized spacial score (nSPS) is 23.9. The van der Waals surface area contributed by atoms with Gasteiger partial charge in [0.1, 0.15) is 0 Å². The summed E-state index contributed by atoms with van der Waals surface area (Å²) in [6, 6.07) is 9.38. The lowest BCUT2D eigenvalue weighted by Crippen LogP contribution is -2.39. The number of hydrogen-bond donors (Lipinski definition) is 0. The van der Waals surface area contributed by atoms with Crippen molar-refractivity contribution in [3.05, 3.63) is 29.8 Å². The summed E-state index contributed by atoms with van der Waals surface area (Å²) in [5.41, 5.74) is 2.91. The van der Waals surface area contributed by atoms with Crippen LogP contribution >= 0.6 is 0 Å². The van der Waals surface area contributed by atoms with E-state index in [4.69, 9.17) is 0 Å². The van der Waals surface area contributed by atoms with Gasteiger partial charge in [0.25, 0.3) is 0 Å². The maximum Gasteiger partial charge on any atom is 0.0398 e. The van der Waals surface area contributed by atoms with Crippen LogP contribution < -0.4 is 4.90 Å². The topological polar surface area (TPSA) is 3.24 Å². The first-order valence-electron chi connectivity index (χ1n) is 6.01. The van der Waals surface area contributed by atoms with Crippen LogP contribution in [0.4, 0.5) is 5.69 Å². The number of anilines is 1. The molecule has 84 valence electrons. The summed E-state index contributed by atoms with van der Waals surface area (Å²) in [4.78, 5) is 2.39. The fourth-order valence-corrected chi connectivity index (χ4v) is 2.15. The molecular weight excluding hydrogens is 182 g/mol. The van der Waals surface area contributed by atoms with E-state index < -0.39 is 0 Å². The minimum absolute atomic E-state index is 0.662. The van der Waals surface area contributed by atoms with Crippen LogP contribution in [0.25, 0.3) is 0 Å². The van der Waals surface area contributed by atoms with Crippen LogP contribution in [0.1, 0.15) is 33.3 Å². The summed E-state index contributed by atoms with van der Waals surface area (Å²) in [5, 5.41) is 0. The van der Waals surface area contributed by atoms with Gasteiger partial charge in [-0.05, 0) is 30.9 Å². The van der Waals surface area contributed by atoms with Crippen LogP contribution in [0.3, 0.4) is 0 Å². The molecule has 0 saturated heterocycles. The van der Waals surface area contributed by atoms with Crippen LogP contribution in [-0.2, 0) is 6.42 Å². The molecule has 0 amide bonds. The van der Waals surface area contributed by atoms with Crippen molar-refractivity contribution in [3.63, 3.8) is 0 Å². The predicted octanol–water partition coefficient (Wildman–Crippen LogP) is 3.73. The van der Waals surface area contributed by atoms with E-state index in [-0.39, 0.29) is 0 Å². The van der Waals surface area contributed by atoms with Gasteiger partial charge in [-0.1, -0.05) is 39.0 Å². The molecule has 0 N–H and O–H groups in total. The van der Waals surface area contributed by atoms with Crippen LogP contribution in [0.15, 0.2) is 24.3 Å². The minimum atomic E-state index is 0.662. The maximum atomic E-state index is 2.39. The van der Waals surface area contributed by atoms with Crippen molar-refractivity contribution in [1.29, 1.82) is 0 Å². The smallest absolute Gasteiger partial charge is 0.0398 e. The lowest BCUT2D eigenvalue weighted by Gasteiger charge is -2.38. The Bertz CT molecular complexity index is 306. The lowest BCUT2D eigenvalue weighted by molar-refractivity contribution is 0.443. The van der Waals surface area contributed by atoms with E-state index in [0.717, 1.165) is 5.92 Å². The molecule has 0 aromatic heterocycles. The zero-order valence-electron chi connectivity index (χ0n) is 10.6. The van der Waals surface area contributed by atoms with Crippen molar-refractivity contribution in [3.8, 4) is 0 Å². The van der Waals surface area contributed by atoms with E-state index in [0.29, 0.717) is 6.04 Å². The van der Waals surface area contributed by atoms with Crippen molar-refractivity contribution >= 4 is 5.69 Å². The average molecular weight is 205 g/mol. The monoisotopic (exact) mass is 205 g/mol. The van der Waals surface area contributed by atoms with Gasteiger partial charge in [-0.3, -0.25) is 0 Å². The van der Waals surface area contributed by atoms with Crippen molar-refractivity contribution in [2.75, 3.05) is 11.9 Å². The van der Waals surface area contributed by atoms with Crippen LogP contribution in [0.5, 0.6) is 0 Å². The van der Waals surface area contributed by atoms with E-state index in [9.17, 15) is 0 Å². The fourth-order valence-electron chi connectivity index (χ4n) is 2.15. The molecule has 2 unspecified atom stereocenters. The number of hydrogen-bond acceptors (Lipinski definition) is 1. The van der Waals surface area contributed by atoms with Gasteiger partial charge in [0.05, 0.1) is 0 Å². The Hall–Kier alpha value is -0.980. The Labute approximate surface area is 94.1 Å². The van der Waals surface area contributed by atoms with Crippen molar-refractivity contribution in [2.45, 2.75) is 40.2 Å². The molecule has 2 atom stereocenters. The summed E-state index contributed by atoms with van der Waals surface area (Å²) in [6.07, 6.45) is 1.22. The molecule has 1 nitrogen and oxygen atoms in total. The molecule has 0 fully saturated rings. The average Bonchev–Trinajstić information content (AvgIpc) is 2.29. The Balaban J connectivity index is 0.000000531. The van der Waals surface area contributed by atoms with Crippen LogP contribution in [-0.4, -0.2) is 13.1 Å². The second kappa shape index (κ2) is 5.20. The lowest BCUT2D eigenvalue weighted by atomic mass is 9.88. The molecule has 0 saturated carbocycles. The molecule has 0 bridgehead atoms. The standard InChI is InChI=1S/C12H17N.C2H6/c1-9-8-11-6-4-5-7-12(11)13(3)10(9)2;1-2/h4-7,9-10H,8H2,1-3H3;1-2H3. The Morgan fingerprint density at radius 2 is 1.73 bits per heavy atom. The Morgan fingerprint density at radius 3 is 2.40 bits per heavy atom. The first-order chi connectivity index (χ1) is 7.20. The van der Waals surface area contributed by atoms with Gasteiger partial charge >= 0.3 is 0 Å². The van der Waals surface area contributed by atoms with Crippen molar-refractivity contribution in [1.82, 2.24) is 0 Å². The summed E-state index contributed by atoms with van der Waals surface area (Å²) in [5.74, 6) is 0.764. The van der Waals surface area contributed by atoms with E-state index in [1.807, 2.05) is 13.8 Å². The number of nitrogens with zero attached hydrogens (tertiary/aromatic N) is 1. The first-order valence-corrected chi connectivity index (χ1v) is 6.01. The molecule has 1 aliphatic heterocycles. The number of benzene rings is 1. The molecule has 1 aromatic rings. The van der Waals surface area contributed by atoms with Gasteiger partial charge in [0, 0.05) is 18.8 Å². The zero-order valence-corrected chi connectivity index (χ0v) is 10.6. The summed E-state index contributed by atoms with van der Waals surface area (Å²) >= 11 is 0. The number of para-hydroxylation sites is 1. The molecule has 1 aliphatic rings. The molecule has 1 heteroatoms. The Kier molecular flexibility index (Phi) is 4.19. The van der Waals surface area contributed by atoms with Crippen LogP contribution in [0, 0.1) is 5.92 Å². The summed E-state index contributed by atoms with van der Waals surface area (Å²) in [7, 11) is 2.19. The molecule has 15 heavy (non-hydrogen) atoms. The highest BCUT2D eigenvalue weighted by Crippen LogP contribution is 2.31. The van der Waals surface area contributed by atoms with E-state index >= 15 is 0 Å². The second-order valence-corrected chi connectivity index (χ2v) is 4.16. The zero-order chi connectivity index (χ0) is 11.4. The van der Waals surface area contributed by atoms with Gasteiger partial charge in [-0.25, -0.2) is 0 Å². The molecule has 1 heterocycles. The first kappa shape index (κ1) is 12.1. The third-order valence-corrected chi connectivity index (χ3v) is 3.35. The van der Waals surface area contributed by atoms with Crippen molar-refractivity contribution in [2.24, 2.45) is 5.92 Å². The number of rotatable bonds is 0. The highest BCUT2D eigenvalue weighted by atomic mass is 15.1. The van der Waals surface area contributed by atoms with E-state index in [1.54, 1.807) is 0 Å². The molecular formula is C14H23N. The summed E-state index contributed by atoms with van der Waals surface area (Å²) < 4.78 is 0. The SMILES string of the molecule is CC.CC1Cc2ccccc2N(C)C1C. The number of fused-ring (bicyclic) bond motifs is 1. The minimum Gasteiger partial charge on any atom is -0.371 e. The molecule has 2 rings (SSSR count). The summed E-state index contributed by atoms with van der Waals surface area (Å²) in [6.45, 7) is 8.64. The van der Waals surface area contributed by atoms with E-state index in [1.165, 1.54) is 17.7 Å². The largest absolute Gasteiger partial charge is 0.371 e. The molecule has 0 aliphatic carbocycles. The van der Waals surface area contributed by atoms with Gasteiger partial charge in [-0.2, -0.15) is 0 Å². The second-order valence-electron chi connectivity index (χ2n) is 4.16. The van der Waals surface area contributed by atoms with Gasteiger partial charge in [-0.15, -0.1) is 0 Å². The molecule has 0 radical (unpaired) electrons. The molecule has 1 aromatic carbocycles. The highest BCUT2D eigenvalue weighted by Gasteiger charge is 2.25. The van der Waals surface area contributed by atoms with Crippen LogP contribution in [0.2, 0.25) is 0 Å². The van der Waals surface area contributed by atoms with E-state index in [2.05, 4.69) is 50.1 Å². The van der Waals surface area contributed by atoms with Gasteiger partial charge in [0.15, 0.2) is 0 Å². The highest BCUT2D eigenvalue weighted by molar-refractivity contribution is 5.55. The van der Waals surface area contributed by atoms with Crippen molar-refractivity contribution < 1.29 is 0 Å². The van der Waals surface area contributed by atoms with Gasteiger partial charge in [0.2, 0.25) is 0 Å². The van der Waals surface area contributed by atoms with Gasteiger partial charge < -0.3 is 4.90 Å². The third-order valence-electron chi connectivity index (χ3n) is 3.35. The predicted molar refractivity (Wildman–Crippen MR) is 68.5 cm³/mol.